The Kier molecular flexibility index (Phi) is 7.12. The van der Waals surface area contributed by atoms with Gasteiger partial charge >= 0.3 is 5.97 Å². The number of ether oxygens (including phenoxy) is 1. The summed E-state index contributed by atoms with van der Waals surface area (Å²) in [6, 6.07) is 22.2. The van der Waals surface area contributed by atoms with Gasteiger partial charge in [-0.3, -0.25) is 14.9 Å². The van der Waals surface area contributed by atoms with Crippen molar-refractivity contribution in [3.63, 3.8) is 0 Å². The lowest BCUT2D eigenvalue weighted by molar-refractivity contribution is -0.146. The van der Waals surface area contributed by atoms with Crippen LogP contribution in [0.4, 0.5) is 9.52 Å². The Morgan fingerprint density at radius 3 is 2.36 bits per heavy atom. The molecule has 1 aromatic heterocycles. The van der Waals surface area contributed by atoms with Crippen LogP contribution in [0.25, 0.3) is 22.4 Å². The van der Waals surface area contributed by atoms with Crippen molar-refractivity contribution in [2.45, 2.75) is 6.42 Å². The van der Waals surface area contributed by atoms with Gasteiger partial charge in [0, 0.05) is 21.5 Å². The van der Waals surface area contributed by atoms with E-state index in [2.05, 4.69) is 10.3 Å². The number of carbonyl (C=O) groups excluding carboxylic acids is 2. The van der Waals surface area contributed by atoms with E-state index in [1.807, 2.05) is 60.0 Å². The van der Waals surface area contributed by atoms with E-state index in [-0.39, 0.29) is 17.0 Å². The van der Waals surface area contributed by atoms with E-state index >= 15 is 0 Å². The average molecular weight is 481 g/mol. The first-order chi connectivity index (χ1) is 16.0. The molecular formula is C25H18ClFN2O3S. The van der Waals surface area contributed by atoms with Crippen LogP contribution in [0.3, 0.4) is 0 Å². The topological polar surface area (TPSA) is 68.3 Å². The van der Waals surface area contributed by atoms with Gasteiger partial charge in [-0.05, 0) is 23.3 Å². The average Bonchev–Trinajstić information content (AvgIpc) is 3.29. The number of thiazole rings is 1. The van der Waals surface area contributed by atoms with E-state index in [0.29, 0.717) is 5.13 Å². The van der Waals surface area contributed by atoms with Crippen LogP contribution in [-0.2, 0) is 20.7 Å². The first-order valence-corrected chi connectivity index (χ1v) is 11.2. The molecule has 0 fully saturated rings. The van der Waals surface area contributed by atoms with Crippen molar-refractivity contribution < 1.29 is 18.7 Å². The Labute approximate surface area is 198 Å². The second-order valence-electron chi connectivity index (χ2n) is 7.07. The minimum atomic E-state index is -0.754. The Morgan fingerprint density at radius 2 is 1.64 bits per heavy atom. The van der Waals surface area contributed by atoms with Crippen LogP contribution in [0, 0.1) is 5.82 Å². The molecule has 0 bridgehead atoms. The molecule has 0 aliphatic heterocycles. The SMILES string of the molecule is O=C(COC(=O)Cc1c(F)cccc1Cl)Nc1nc(-c2ccc(-c3ccccc3)cc2)cs1. The summed E-state index contributed by atoms with van der Waals surface area (Å²) in [6.07, 6.45) is -0.362. The number of halogens is 2. The molecular weight excluding hydrogens is 463 g/mol. The molecule has 1 N–H and O–H groups in total. The summed E-state index contributed by atoms with van der Waals surface area (Å²) in [5, 5.41) is 4.95. The third-order valence-electron chi connectivity index (χ3n) is 4.79. The smallest absolute Gasteiger partial charge is 0.310 e. The molecule has 4 rings (SSSR count). The molecule has 1 amide bonds. The molecule has 5 nitrogen and oxygen atoms in total. The van der Waals surface area contributed by atoms with Gasteiger partial charge in [-0.2, -0.15) is 0 Å². The third kappa shape index (κ3) is 5.83. The number of hydrogen-bond acceptors (Lipinski definition) is 5. The molecule has 8 heteroatoms. The first kappa shape index (κ1) is 22.6. The summed E-state index contributed by atoms with van der Waals surface area (Å²) >= 11 is 7.17. The molecule has 0 saturated heterocycles. The van der Waals surface area contributed by atoms with Crippen molar-refractivity contribution in [3.8, 4) is 22.4 Å². The minimum Gasteiger partial charge on any atom is -0.455 e. The molecule has 0 saturated carbocycles. The van der Waals surface area contributed by atoms with Crippen LogP contribution < -0.4 is 5.32 Å². The van der Waals surface area contributed by atoms with Gasteiger partial charge < -0.3 is 4.74 Å². The predicted molar refractivity (Wildman–Crippen MR) is 128 cm³/mol. The predicted octanol–water partition coefficient (Wildman–Crippen LogP) is 5.99. The van der Waals surface area contributed by atoms with E-state index < -0.39 is 24.3 Å². The zero-order valence-corrected chi connectivity index (χ0v) is 18.8. The number of rotatable bonds is 7. The Bertz CT molecular complexity index is 1260. The molecule has 0 spiro atoms. The fourth-order valence-electron chi connectivity index (χ4n) is 3.13. The second-order valence-corrected chi connectivity index (χ2v) is 8.33. The van der Waals surface area contributed by atoms with Gasteiger partial charge in [0.2, 0.25) is 0 Å². The number of nitrogens with one attached hydrogen (secondary N) is 1. The monoisotopic (exact) mass is 480 g/mol. The van der Waals surface area contributed by atoms with Crippen LogP contribution in [0.15, 0.2) is 78.2 Å². The molecule has 1 heterocycles. The highest BCUT2D eigenvalue weighted by Crippen LogP contribution is 2.27. The van der Waals surface area contributed by atoms with Gasteiger partial charge in [-0.25, -0.2) is 9.37 Å². The lowest BCUT2D eigenvalue weighted by Crippen LogP contribution is -2.21. The van der Waals surface area contributed by atoms with Crippen molar-refractivity contribution in [2.24, 2.45) is 0 Å². The quantitative estimate of drug-likeness (QED) is 0.330. The van der Waals surface area contributed by atoms with E-state index in [0.717, 1.165) is 22.4 Å². The number of amides is 1. The molecule has 0 radical (unpaired) electrons. The van der Waals surface area contributed by atoms with Gasteiger partial charge in [0.15, 0.2) is 11.7 Å². The number of esters is 1. The molecule has 0 aliphatic rings. The number of anilines is 1. The van der Waals surface area contributed by atoms with Crippen LogP contribution in [0.5, 0.6) is 0 Å². The molecule has 0 atom stereocenters. The Balaban J connectivity index is 1.31. The van der Waals surface area contributed by atoms with Gasteiger partial charge in [0.05, 0.1) is 12.1 Å². The minimum absolute atomic E-state index is 0.0347. The van der Waals surface area contributed by atoms with Crippen LogP contribution in [-0.4, -0.2) is 23.5 Å². The normalized spacial score (nSPS) is 10.6. The molecule has 0 unspecified atom stereocenters. The maximum atomic E-state index is 13.8. The van der Waals surface area contributed by atoms with Gasteiger partial charge in [0.1, 0.15) is 5.82 Å². The van der Waals surface area contributed by atoms with Gasteiger partial charge in [-0.1, -0.05) is 72.3 Å². The van der Waals surface area contributed by atoms with Crippen LogP contribution in [0.2, 0.25) is 5.02 Å². The van der Waals surface area contributed by atoms with Gasteiger partial charge in [-0.15, -0.1) is 11.3 Å². The summed E-state index contributed by atoms with van der Waals surface area (Å²) in [4.78, 5) is 28.5. The lowest BCUT2D eigenvalue weighted by atomic mass is 10.0. The van der Waals surface area contributed by atoms with Gasteiger partial charge in [0.25, 0.3) is 5.91 Å². The van der Waals surface area contributed by atoms with Crippen molar-refractivity contribution in [1.29, 1.82) is 0 Å². The van der Waals surface area contributed by atoms with E-state index in [1.165, 1.54) is 29.5 Å². The molecule has 33 heavy (non-hydrogen) atoms. The summed E-state index contributed by atoms with van der Waals surface area (Å²) < 4.78 is 18.7. The van der Waals surface area contributed by atoms with Crippen molar-refractivity contribution in [1.82, 2.24) is 4.98 Å². The summed E-state index contributed by atoms with van der Waals surface area (Å²) in [7, 11) is 0. The van der Waals surface area contributed by atoms with Crippen molar-refractivity contribution in [3.05, 3.63) is 94.6 Å². The van der Waals surface area contributed by atoms with Crippen molar-refractivity contribution in [2.75, 3.05) is 11.9 Å². The summed E-state index contributed by atoms with van der Waals surface area (Å²) in [5.41, 5.74) is 3.90. The molecule has 0 aliphatic carbocycles. The summed E-state index contributed by atoms with van der Waals surface area (Å²) in [5.74, 6) is -1.89. The number of carbonyl (C=O) groups is 2. The molecule has 4 aromatic rings. The fourth-order valence-corrected chi connectivity index (χ4v) is 4.09. The summed E-state index contributed by atoms with van der Waals surface area (Å²) in [6.45, 7) is -0.508. The Hall–Kier alpha value is -3.55. The standard InChI is InChI=1S/C25H18ClFN2O3S/c26-20-7-4-8-21(27)19(20)13-24(31)32-14-23(30)29-25-28-22(15-33-25)18-11-9-17(10-12-18)16-5-2-1-3-6-16/h1-12,15H,13-14H2,(H,28,29,30). The first-order valence-electron chi connectivity index (χ1n) is 9.99. The third-order valence-corrected chi connectivity index (χ3v) is 5.90. The zero-order chi connectivity index (χ0) is 23.2. The maximum Gasteiger partial charge on any atom is 0.310 e. The van der Waals surface area contributed by atoms with Crippen molar-refractivity contribution >= 4 is 39.9 Å². The highest BCUT2D eigenvalue weighted by Gasteiger charge is 2.15. The van der Waals surface area contributed by atoms with Crippen LogP contribution in [0.1, 0.15) is 5.56 Å². The largest absolute Gasteiger partial charge is 0.455 e. The number of hydrogen-bond donors (Lipinski definition) is 1. The highest BCUT2D eigenvalue weighted by atomic mass is 35.5. The molecule has 166 valence electrons. The number of nitrogens with zero attached hydrogens (tertiary/aromatic N) is 1. The number of aromatic nitrogens is 1. The van der Waals surface area contributed by atoms with E-state index in [9.17, 15) is 14.0 Å². The maximum absolute atomic E-state index is 13.8. The lowest BCUT2D eigenvalue weighted by Gasteiger charge is -2.07. The number of benzene rings is 3. The van der Waals surface area contributed by atoms with Crippen LogP contribution >= 0.6 is 22.9 Å². The second kappa shape index (κ2) is 10.4. The fraction of sp³-hybridized carbons (Fsp3) is 0.0800. The zero-order valence-electron chi connectivity index (χ0n) is 17.3. The van der Waals surface area contributed by atoms with E-state index in [4.69, 9.17) is 16.3 Å². The Morgan fingerprint density at radius 1 is 0.939 bits per heavy atom. The molecule has 3 aromatic carbocycles. The van der Waals surface area contributed by atoms with E-state index in [1.54, 1.807) is 0 Å². The highest BCUT2D eigenvalue weighted by molar-refractivity contribution is 7.14.